The van der Waals surface area contributed by atoms with Gasteiger partial charge in [0, 0.05) is 12.0 Å². The number of hydrogen-bond donors (Lipinski definition) is 2. The van der Waals surface area contributed by atoms with Crippen LogP contribution in [0, 0.1) is 5.82 Å². The number of rotatable bonds is 5. The molecular weight excluding hydrogens is 339 g/mol. The Morgan fingerprint density at radius 1 is 1.27 bits per heavy atom. The smallest absolute Gasteiger partial charge is 0.407 e. The predicted octanol–water partition coefficient (Wildman–Crippen LogP) is 2.69. The van der Waals surface area contributed by atoms with Crippen LogP contribution >= 0.6 is 0 Å². The summed E-state index contributed by atoms with van der Waals surface area (Å²) in [5, 5.41) is 5.33. The molecule has 3 rings (SSSR count). The Morgan fingerprint density at radius 3 is 2.77 bits per heavy atom. The first kappa shape index (κ1) is 17.7. The Balaban J connectivity index is 1.68. The van der Waals surface area contributed by atoms with Crippen LogP contribution in [0.2, 0.25) is 0 Å². The maximum atomic E-state index is 14.2. The zero-order chi connectivity index (χ0) is 18.5. The second-order valence-electron chi connectivity index (χ2n) is 5.95. The van der Waals surface area contributed by atoms with E-state index in [-0.39, 0.29) is 24.5 Å². The van der Waals surface area contributed by atoms with Crippen LogP contribution < -0.4 is 15.4 Å². The van der Waals surface area contributed by atoms with Gasteiger partial charge in [0.05, 0.1) is 19.2 Å². The van der Waals surface area contributed by atoms with Crippen LogP contribution in [0.3, 0.4) is 0 Å². The number of benzene rings is 2. The number of carbonyl (C=O) groups is 2. The molecule has 6 nitrogen and oxygen atoms in total. The highest BCUT2D eigenvalue weighted by Gasteiger charge is 2.36. The van der Waals surface area contributed by atoms with Crippen molar-refractivity contribution in [2.75, 3.05) is 7.11 Å². The molecule has 0 radical (unpaired) electrons. The zero-order valence-corrected chi connectivity index (χ0v) is 14.2. The van der Waals surface area contributed by atoms with E-state index in [1.165, 1.54) is 25.3 Å². The Morgan fingerprint density at radius 2 is 2.04 bits per heavy atom. The van der Waals surface area contributed by atoms with Crippen molar-refractivity contribution < 1.29 is 23.5 Å². The van der Waals surface area contributed by atoms with E-state index in [0.29, 0.717) is 5.75 Å². The first-order valence-corrected chi connectivity index (χ1v) is 8.17. The monoisotopic (exact) mass is 358 g/mol. The third-order valence-corrected chi connectivity index (χ3v) is 4.18. The van der Waals surface area contributed by atoms with Crippen molar-refractivity contribution in [2.45, 2.75) is 25.1 Å². The fraction of sp³-hybridized carbons (Fsp3) is 0.263. The molecule has 0 unspecified atom stereocenters. The fourth-order valence-electron chi connectivity index (χ4n) is 2.88. The summed E-state index contributed by atoms with van der Waals surface area (Å²) in [6, 6.07) is 12.2. The predicted molar refractivity (Wildman–Crippen MR) is 92.0 cm³/mol. The van der Waals surface area contributed by atoms with Crippen LogP contribution in [-0.2, 0) is 16.1 Å². The van der Waals surface area contributed by atoms with Gasteiger partial charge in [-0.05, 0) is 23.8 Å². The number of alkyl carbamates (subject to hydrolysis) is 1. The standard InChI is InChI=1S/C19H19FN2O4/c1-25-13-7-8-15(20)14(9-13)18-16(10-17(23)22-18)21-19(24)26-11-12-5-3-2-4-6-12/h2-9,16,18H,10-11H2,1H3,(H,21,24)(H,22,23)/t16-,18+/m1/s1. The molecule has 1 saturated heterocycles. The Hall–Kier alpha value is -3.09. The van der Waals surface area contributed by atoms with Gasteiger partial charge in [0.25, 0.3) is 0 Å². The highest BCUT2D eigenvalue weighted by Crippen LogP contribution is 2.29. The quantitative estimate of drug-likeness (QED) is 0.862. The van der Waals surface area contributed by atoms with Gasteiger partial charge in [0.1, 0.15) is 18.2 Å². The molecule has 0 aromatic heterocycles. The molecule has 0 aliphatic carbocycles. The molecule has 1 aliphatic heterocycles. The molecule has 0 saturated carbocycles. The van der Waals surface area contributed by atoms with E-state index >= 15 is 0 Å². The van der Waals surface area contributed by atoms with E-state index in [1.807, 2.05) is 30.3 Å². The molecule has 26 heavy (non-hydrogen) atoms. The molecular formula is C19H19FN2O4. The van der Waals surface area contributed by atoms with Gasteiger partial charge in [-0.15, -0.1) is 0 Å². The fourth-order valence-corrected chi connectivity index (χ4v) is 2.88. The molecule has 2 aromatic rings. The second-order valence-corrected chi connectivity index (χ2v) is 5.95. The van der Waals surface area contributed by atoms with E-state index in [9.17, 15) is 14.0 Å². The highest BCUT2D eigenvalue weighted by molar-refractivity contribution is 5.81. The van der Waals surface area contributed by atoms with Crippen molar-refractivity contribution in [1.29, 1.82) is 0 Å². The third-order valence-electron chi connectivity index (χ3n) is 4.18. The largest absolute Gasteiger partial charge is 0.497 e. The van der Waals surface area contributed by atoms with E-state index in [0.717, 1.165) is 5.56 Å². The second kappa shape index (κ2) is 7.86. The highest BCUT2D eigenvalue weighted by atomic mass is 19.1. The van der Waals surface area contributed by atoms with Crippen LogP contribution in [0.5, 0.6) is 5.75 Å². The summed E-state index contributed by atoms with van der Waals surface area (Å²) in [4.78, 5) is 23.9. The Labute approximate surface area is 150 Å². The number of carbonyl (C=O) groups excluding carboxylic acids is 2. The lowest BCUT2D eigenvalue weighted by molar-refractivity contribution is -0.119. The number of methoxy groups -OCH3 is 1. The molecule has 0 bridgehead atoms. The molecule has 2 atom stereocenters. The molecule has 0 spiro atoms. The minimum atomic E-state index is -0.693. The number of ether oxygens (including phenoxy) is 2. The Bertz CT molecular complexity index is 797. The van der Waals surface area contributed by atoms with Gasteiger partial charge in [-0.1, -0.05) is 30.3 Å². The molecule has 1 fully saturated rings. The average Bonchev–Trinajstić information content (AvgIpc) is 3.01. The van der Waals surface area contributed by atoms with Crippen LogP contribution in [0.25, 0.3) is 0 Å². The van der Waals surface area contributed by atoms with E-state index in [2.05, 4.69) is 10.6 Å². The maximum absolute atomic E-state index is 14.2. The van der Waals surface area contributed by atoms with Crippen LogP contribution in [0.1, 0.15) is 23.6 Å². The SMILES string of the molecule is COc1ccc(F)c([C@@H]2NC(=O)C[C@H]2NC(=O)OCc2ccccc2)c1. The molecule has 136 valence electrons. The lowest BCUT2D eigenvalue weighted by Crippen LogP contribution is -2.39. The van der Waals surface area contributed by atoms with Crippen LogP contribution in [-0.4, -0.2) is 25.2 Å². The maximum Gasteiger partial charge on any atom is 0.407 e. The lowest BCUT2D eigenvalue weighted by Gasteiger charge is -2.21. The van der Waals surface area contributed by atoms with Crippen molar-refractivity contribution >= 4 is 12.0 Å². The molecule has 1 heterocycles. The number of nitrogens with one attached hydrogen (secondary N) is 2. The van der Waals surface area contributed by atoms with Crippen LogP contribution in [0.4, 0.5) is 9.18 Å². The van der Waals surface area contributed by atoms with Gasteiger partial charge >= 0.3 is 6.09 Å². The molecule has 7 heteroatoms. The summed E-state index contributed by atoms with van der Waals surface area (Å²) in [5.41, 5.74) is 1.10. The summed E-state index contributed by atoms with van der Waals surface area (Å²) in [5.74, 6) is -0.291. The van der Waals surface area contributed by atoms with E-state index in [4.69, 9.17) is 9.47 Å². The summed E-state index contributed by atoms with van der Waals surface area (Å²) in [7, 11) is 1.47. The first-order valence-electron chi connectivity index (χ1n) is 8.17. The van der Waals surface area contributed by atoms with E-state index in [1.54, 1.807) is 0 Å². The summed E-state index contributed by atoms with van der Waals surface area (Å²) in [6.07, 6.45) is -0.620. The minimum Gasteiger partial charge on any atom is -0.497 e. The van der Waals surface area contributed by atoms with Gasteiger partial charge in [-0.2, -0.15) is 0 Å². The number of amides is 2. The van der Waals surface area contributed by atoms with Gasteiger partial charge < -0.3 is 20.1 Å². The molecule has 2 aromatic carbocycles. The van der Waals surface area contributed by atoms with Crippen molar-refractivity contribution in [3.05, 3.63) is 65.5 Å². The van der Waals surface area contributed by atoms with Crippen molar-refractivity contribution in [2.24, 2.45) is 0 Å². The Kier molecular flexibility index (Phi) is 5.36. The summed E-state index contributed by atoms with van der Waals surface area (Å²) in [6.45, 7) is 0.110. The molecule has 2 N–H and O–H groups in total. The van der Waals surface area contributed by atoms with Crippen molar-refractivity contribution in [3.63, 3.8) is 0 Å². The number of hydrogen-bond acceptors (Lipinski definition) is 4. The lowest BCUT2D eigenvalue weighted by atomic mass is 10.00. The summed E-state index contributed by atoms with van der Waals surface area (Å²) < 4.78 is 24.5. The molecule has 2 amide bonds. The topological polar surface area (TPSA) is 76.7 Å². The summed E-state index contributed by atoms with van der Waals surface area (Å²) >= 11 is 0. The molecule has 1 aliphatic rings. The third kappa shape index (κ3) is 4.11. The minimum absolute atomic E-state index is 0.0434. The van der Waals surface area contributed by atoms with Gasteiger partial charge in [-0.3, -0.25) is 4.79 Å². The van der Waals surface area contributed by atoms with Crippen LogP contribution in [0.15, 0.2) is 48.5 Å². The number of halogens is 1. The average molecular weight is 358 g/mol. The first-order chi connectivity index (χ1) is 12.6. The van der Waals surface area contributed by atoms with Crippen molar-refractivity contribution in [1.82, 2.24) is 10.6 Å². The van der Waals surface area contributed by atoms with E-state index < -0.39 is 24.0 Å². The van der Waals surface area contributed by atoms with Gasteiger partial charge in [-0.25, -0.2) is 9.18 Å². The van der Waals surface area contributed by atoms with Gasteiger partial charge in [0.2, 0.25) is 5.91 Å². The van der Waals surface area contributed by atoms with Crippen molar-refractivity contribution in [3.8, 4) is 5.75 Å². The zero-order valence-electron chi connectivity index (χ0n) is 14.2. The van der Waals surface area contributed by atoms with Gasteiger partial charge in [0.15, 0.2) is 0 Å². The normalized spacial score (nSPS) is 18.9.